The van der Waals surface area contributed by atoms with Gasteiger partial charge in [-0.2, -0.15) is 0 Å². The SMILES string of the molecule is C=CCN1C(=O)c2oc3ccccc3c(=O)c2C12C(=O)N(C)c1ccccc12. The lowest BCUT2D eigenvalue weighted by Crippen LogP contribution is -2.52. The van der Waals surface area contributed by atoms with E-state index in [1.807, 2.05) is 6.07 Å². The van der Waals surface area contributed by atoms with Gasteiger partial charge in [0.15, 0.2) is 11.0 Å². The van der Waals surface area contributed by atoms with Crippen molar-refractivity contribution >= 4 is 28.5 Å². The van der Waals surface area contributed by atoms with Crippen LogP contribution in [0, 0.1) is 0 Å². The van der Waals surface area contributed by atoms with Crippen LogP contribution in [0.5, 0.6) is 0 Å². The van der Waals surface area contributed by atoms with Gasteiger partial charge >= 0.3 is 0 Å². The number of rotatable bonds is 2. The van der Waals surface area contributed by atoms with Crippen molar-refractivity contribution in [2.45, 2.75) is 5.54 Å². The smallest absolute Gasteiger partial charge is 0.291 e. The van der Waals surface area contributed by atoms with Gasteiger partial charge in [-0.3, -0.25) is 14.4 Å². The van der Waals surface area contributed by atoms with Gasteiger partial charge in [0.2, 0.25) is 5.76 Å². The van der Waals surface area contributed by atoms with Crippen molar-refractivity contribution in [3.8, 4) is 0 Å². The van der Waals surface area contributed by atoms with E-state index in [0.717, 1.165) is 0 Å². The fourth-order valence-corrected chi connectivity index (χ4v) is 4.42. The second-order valence-corrected chi connectivity index (χ2v) is 6.93. The number of para-hydroxylation sites is 2. The molecule has 5 rings (SSSR count). The average molecular weight is 372 g/mol. The number of carbonyl (C=O) groups excluding carboxylic acids is 2. The van der Waals surface area contributed by atoms with E-state index in [4.69, 9.17) is 4.42 Å². The summed E-state index contributed by atoms with van der Waals surface area (Å²) >= 11 is 0. The molecule has 2 aliphatic rings. The molecule has 3 heterocycles. The highest BCUT2D eigenvalue weighted by molar-refractivity contribution is 6.16. The Morgan fingerprint density at radius 1 is 1.07 bits per heavy atom. The summed E-state index contributed by atoms with van der Waals surface area (Å²) in [6.45, 7) is 3.83. The molecule has 28 heavy (non-hydrogen) atoms. The minimum Gasteiger partial charge on any atom is -0.450 e. The Morgan fingerprint density at radius 2 is 1.79 bits per heavy atom. The minimum atomic E-state index is -1.55. The van der Waals surface area contributed by atoms with Gasteiger partial charge in [-0.25, -0.2) is 0 Å². The number of amides is 2. The van der Waals surface area contributed by atoms with Gasteiger partial charge in [0.25, 0.3) is 11.8 Å². The number of carbonyl (C=O) groups is 2. The maximum absolute atomic E-state index is 13.6. The molecule has 3 aromatic rings. The van der Waals surface area contributed by atoms with Crippen LogP contribution in [0.1, 0.15) is 21.7 Å². The highest BCUT2D eigenvalue weighted by atomic mass is 16.3. The summed E-state index contributed by atoms with van der Waals surface area (Å²) < 4.78 is 5.86. The third kappa shape index (κ3) is 1.70. The van der Waals surface area contributed by atoms with E-state index in [-0.39, 0.29) is 29.2 Å². The first kappa shape index (κ1) is 16.5. The van der Waals surface area contributed by atoms with Crippen LogP contribution in [0.4, 0.5) is 5.69 Å². The van der Waals surface area contributed by atoms with Crippen molar-refractivity contribution < 1.29 is 14.0 Å². The van der Waals surface area contributed by atoms with Crippen molar-refractivity contribution in [1.29, 1.82) is 0 Å². The zero-order valence-corrected chi connectivity index (χ0v) is 15.1. The maximum Gasteiger partial charge on any atom is 0.291 e. The van der Waals surface area contributed by atoms with Crippen molar-refractivity contribution in [1.82, 2.24) is 4.90 Å². The van der Waals surface area contributed by atoms with Gasteiger partial charge in [0, 0.05) is 24.8 Å². The molecule has 1 aromatic heterocycles. The monoisotopic (exact) mass is 372 g/mol. The van der Waals surface area contributed by atoms with Gasteiger partial charge in [0.1, 0.15) is 5.58 Å². The molecule has 1 spiro atoms. The molecule has 0 N–H and O–H groups in total. The molecule has 6 heteroatoms. The first-order chi connectivity index (χ1) is 13.5. The van der Waals surface area contributed by atoms with E-state index in [2.05, 4.69) is 6.58 Å². The zero-order chi connectivity index (χ0) is 19.6. The molecule has 138 valence electrons. The van der Waals surface area contributed by atoms with Crippen molar-refractivity contribution in [2.75, 3.05) is 18.5 Å². The fourth-order valence-electron chi connectivity index (χ4n) is 4.42. The van der Waals surface area contributed by atoms with E-state index >= 15 is 0 Å². The number of nitrogens with zero attached hydrogens (tertiary/aromatic N) is 2. The molecule has 6 nitrogen and oxygen atoms in total. The predicted molar refractivity (Wildman–Crippen MR) is 104 cm³/mol. The summed E-state index contributed by atoms with van der Waals surface area (Å²) in [5.41, 5.74) is -0.248. The largest absolute Gasteiger partial charge is 0.450 e. The minimum absolute atomic E-state index is 0.0796. The predicted octanol–water partition coefficient (Wildman–Crippen LogP) is 2.65. The Kier molecular flexibility index (Phi) is 3.19. The summed E-state index contributed by atoms with van der Waals surface area (Å²) in [4.78, 5) is 43.2. The highest BCUT2D eigenvalue weighted by Crippen LogP contribution is 2.51. The molecule has 2 aliphatic heterocycles. The van der Waals surface area contributed by atoms with Gasteiger partial charge in [-0.05, 0) is 18.2 Å². The summed E-state index contributed by atoms with van der Waals surface area (Å²) in [6, 6.07) is 14.0. The van der Waals surface area contributed by atoms with Gasteiger partial charge in [0.05, 0.1) is 10.9 Å². The molecule has 0 aliphatic carbocycles. The molecule has 0 saturated heterocycles. The lowest BCUT2D eigenvalue weighted by molar-refractivity contribution is -0.125. The summed E-state index contributed by atoms with van der Waals surface area (Å²) in [7, 11) is 1.65. The third-order valence-corrected chi connectivity index (χ3v) is 5.58. The van der Waals surface area contributed by atoms with Crippen molar-refractivity contribution in [2.24, 2.45) is 0 Å². The Morgan fingerprint density at radius 3 is 2.57 bits per heavy atom. The van der Waals surface area contributed by atoms with Crippen LogP contribution in [0.25, 0.3) is 11.0 Å². The number of anilines is 1. The van der Waals surface area contributed by atoms with Crippen LogP contribution in [0.15, 0.2) is 70.4 Å². The summed E-state index contributed by atoms with van der Waals surface area (Å²) in [5, 5.41) is 0.341. The Hall–Kier alpha value is -3.67. The molecular weight excluding hydrogens is 356 g/mol. The fraction of sp³-hybridized carbons (Fsp3) is 0.136. The first-order valence-electron chi connectivity index (χ1n) is 8.90. The number of likely N-dealkylation sites (N-methyl/N-ethyl adjacent to an activating group) is 1. The van der Waals surface area contributed by atoms with E-state index in [0.29, 0.717) is 22.2 Å². The highest BCUT2D eigenvalue weighted by Gasteiger charge is 2.64. The number of hydrogen-bond donors (Lipinski definition) is 0. The lowest BCUT2D eigenvalue weighted by Gasteiger charge is -2.33. The summed E-state index contributed by atoms with van der Waals surface area (Å²) in [6.07, 6.45) is 1.55. The van der Waals surface area contributed by atoms with E-state index in [1.54, 1.807) is 55.6 Å². The number of fused-ring (bicyclic) bond motifs is 5. The van der Waals surface area contributed by atoms with E-state index in [9.17, 15) is 14.4 Å². The third-order valence-electron chi connectivity index (χ3n) is 5.58. The number of hydrogen-bond acceptors (Lipinski definition) is 4. The van der Waals surface area contributed by atoms with Crippen LogP contribution in [0.2, 0.25) is 0 Å². The Labute approximate surface area is 160 Å². The van der Waals surface area contributed by atoms with Crippen molar-refractivity contribution in [3.63, 3.8) is 0 Å². The second kappa shape index (κ2) is 5.42. The molecule has 0 radical (unpaired) electrons. The second-order valence-electron chi connectivity index (χ2n) is 6.93. The molecule has 1 unspecified atom stereocenters. The maximum atomic E-state index is 13.6. The van der Waals surface area contributed by atoms with Crippen LogP contribution < -0.4 is 10.3 Å². The normalized spacial score (nSPS) is 20.2. The molecule has 0 saturated carbocycles. The van der Waals surface area contributed by atoms with E-state index in [1.165, 1.54) is 9.80 Å². The van der Waals surface area contributed by atoms with Crippen LogP contribution in [-0.2, 0) is 10.3 Å². The standard InChI is InChI=1S/C22H16N2O4/c1-3-12-24-20(26)19-17(18(25)13-8-4-7-11-16(13)28-19)22(24)14-9-5-6-10-15(14)23(2)21(22)27/h3-11H,1,12H2,2H3. The molecule has 1 atom stereocenters. The molecule has 2 aromatic carbocycles. The first-order valence-corrected chi connectivity index (χ1v) is 8.90. The van der Waals surface area contributed by atoms with Gasteiger partial charge in [-0.1, -0.05) is 36.4 Å². The van der Waals surface area contributed by atoms with Gasteiger partial charge in [-0.15, -0.1) is 6.58 Å². The molecule has 2 amide bonds. The summed E-state index contributed by atoms with van der Waals surface area (Å²) in [5.74, 6) is -0.926. The molecule has 0 fully saturated rings. The van der Waals surface area contributed by atoms with Crippen LogP contribution in [-0.4, -0.2) is 30.3 Å². The quantitative estimate of drug-likeness (QED) is 0.649. The Bertz CT molecular complexity index is 1260. The topological polar surface area (TPSA) is 70.8 Å². The average Bonchev–Trinajstić information content (AvgIpc) is 3.09. The van der Waals surface area contributed by atoms with Gasteiger partial charge < -0.3 is 14.2 Å². The number of benzene rings is 2. The van der Waals surface area contributed by atoms with Crippen LogP contribution in [0.3, 0.4) is 0 Å². The zero-order valence-electron chi connectivity index (χ0n) is 15.1. The van der Waals surface area contributed by atoms with E-state index < -0.39 is 11.4 Å². The van der Waals surface area contributed by atoms with Crippen molar-refractivity contribution in [3.05, 3.63) is 88.3 Å². The Balaban J connectivity index is 1.98. The van der Waals surface area contributed by atoms with Crippen LogP contribution >= 0.6 is 0 Å². The molecular formula is C22H16N2O4. The lowest BCUT2D eigenvalue weighted by atomic mass is 9.84. The molecule has 0 bridgehead atoms.